The number of hydrogen-bond acceptors (Lipinski definition) is 2. The van der Waals surface area contributed by atoms with Crippen LogP contribution in [0.5, 0.6) is 0 Å². The fourth-order valence-corrected chi connectivity index (χ4v) is 2.68. The van der Waals surface area contributed by atoms with E-state index in [-0.39, 0.29) is 24.4 Å². The van der Waals surface area contributed by atoms with E-state index in [4.69, 9.17) is 11.6 Å². The monoisotopic (exact) mass is 316 g/mol. The molecule has 1 aliphatic heterocycles. The number of amides is 1. The molecular formula is C15H22Cl2N2O. The summed E-state index contributed by atoms with van der Waals surface area (Å²) in [6.07, 6.45) is 2.66. The normalized spacial score (nSPS) is 18.5. The molecule has 0 aliphatic carbocycles. The Morgan fingerprint density at radius 1 is 1.50 bits per heavy atom. The standard InChI is InChI=1S/C15H21ClN2O.ClH/c1-2-3-7-15(19)18-9-8-17-11-14(18)12-5-4-6-13(16)10-12;/h4-6,10,14,17H,2-3,7-9,11H2,1H3;1H. The van der Waals surface area contributed by atoms with E-state index in [1.807, 2.05) is 29.2 Å². The average molecular weight is 317 g/mol. The van der Waals surface area contributed by atoms with E-state index in [0.29, 0.717) is 6.42 Å². The highest BCUT2D eigenvalue weighted by atomic mass is 35.5. The van der Waals surface area contributed by atoms with Crippen molar-refractivity contribution >= 4 is 29.9 Å². The third kappa shape index (κ3) is 4.37. The minimum absolute atomic E-state index is 0. The zero-order valence-corrected chi connectivity index (χ0v) is 13.3. The second-order valence-electron chi connectivity index (χ2n) is 4.97. The lowest BCUT2D eigenvalue weighted by molar-refractivity contribution is -0.134. The molecule has 112 valence electrons. The summed E-state index contributed by atoms with van der Waals surface area (Å²) < 4.78 is 0. The fraction of sp³-hybridized carbons (Fsp3) is 0.533. The number of halogens is 2. The summed E-state index contributed by atoms with van der Waals surface area (Å²) in [4.78, 5) is 14.3. The van der Waals surface area contributed by atoms with Crippen LogP contribution < -0.4 is 5.32 Å². The average Bonchev–Trinajstić information content (AvgIpc) is 2.45. The molecule has 0 spiro atoms. The minimum Gasteiger partial charge on any atom is -0.333 e. The molecule has 1 heterocycles. The lowest BCUT2D eigenvalue weighted by atomic mass is 10.0. The zero-order valence-electron chi connectivity index (χ0n) is 11.8. The summed E-state index contributed by atoms with van der Waals surface area (Å²) >= 11 is 6.05. The van der Waals surface area contributed by atoms with Crippen molar-refractivity contribution in [2.45, 2.75) is 32.2 Å². The lowest BCUT2D eigenvalue weighted by Gasteiger charge is -2.36. The molecule has 1 atom stereocenters. The largest absolute Gasteiger partial charge is 0.333 e. The van der Waals surface area contributed by atoms with E-state index in [9.17, 15) is 4.79 Å². The van der Waals surface area contributed by atoms with Gasteiger partial charge in [0.15, 0.2) is 0 Å². The molecule has 1 aromatic carbocycles. The van der Waals surface area contributed by atoms with Gasteiger partial charge in [-0.05, 0) is 24.1 Å². The molecule has 0 bridgehead atoms. The van der Waals surface area contributed by atoms with Crippen molar-refractivity contribution in [1.82, 2.24) is 10.2 Å². The number of carbonyl (C=O) groups excluding carboxylic acids is 1. The van der Waals surface area contributed by atoms with Gasteiger partial charge in [0.25, 0.3) is 0 Å². The summed E-state index contributed by atoms with van der Waals surface area (Å²) in [5, 5.41) is 4.08. The fourth-order valence-electron chi connectivity index (χ4n) is 2.49. The number of nitrogens with one attached hydrogen (secondary N) is 1. The number of nitrogens with zero attached hydrogens (tertiary/aromatic N) is 1. The Kier molecular flexibility index (Phi) is 7.35. The van der Waals surface area contributed by atoms with Crippen LogP contribution in [-0.2, 0) is 4.79 Å². The summed E-state index contributed by atoms with van der Waals surface area (Å²) in [7, 11) is 0. The van der Waals surface area contributed by atoms with Crippen LogP contribution in [0.25, 0.3) is 0 Å². The number of unbranched alkanes of at least 4 members (excludes halogenated alkanes) is 1. The molecule has 1 unspecified atom stereocenters. The molecule has 3 nitrogen and oxygen atoms in total. The predicted octanol–water partition coefficient (Wildman–Crippen LogP) is 3.42. The summed E-state index contributed by atoms with van der Waals surface area (Å²) in [6, 6.07) is 7.92. The molecular weight excluding hydrogens is 295 g/mol. The van der Waals surface area contributed by atoms with Crippen LogP contribution in [0.4, 0.5) is 0 Å². The number of piperazine rings is 1. The van der Waals surface area contributed by atoms with Crippen LogP contribution >= 0.6 is 24.0 Å². The Balaban J connectivity index is 0.00000200. The van der Waals surface area contributed by atoms with Gasteiger partial charge in [0.05, 0.1) is 6.04 Å². The summed E-state index contributed by atoms with van der Waals surface area (Å²) in [6.45, 7) is 4.56. The van der Waals surface area contributed by atoms with Crippen molar-refractivity contribution in [3.8, 4) is 0 Å². The third-order valence-electron chi connectivity index (χ3n) is 3.54. The molecule has 1 fully saturated rings. The molecule has 20 heavy (non-hydrogen) atoms. The molecule has 1 saturated heterocycles. The van der Waals surface area contributed by atoms with Crippen molar-refractivity contribution in [2.24, 2.45) is 0 Å². The highest BCUT2D eigenvalue weighted by Gasteiger charge is 2.27. The Labute approximate surface area is 132 Å². The van der Waals surface area contributed by atoms with Crippen molar-refractivity contribution in [3.63, 3.8) is 0 Å². The van der Waals surface area contributed by atoms with Crippen molar-refractivity contribution in [1.29, 1.82) is 0 Å². The van der Waals surface area contributed by atoms with E-state index < -0.39 is 0 Å². The molecule has 0 radical (unpaired) electrons. The van der Waals surface area contributed by atoms with Gasteiger partial charge in [-0.25, -0.2) is 0 Å². The van der Waals surface area contributed by atoms with Gasteiger partial charge >= 0.3 is 0 Å². The summed E-state index contributed by atoms with van der Waals surface area (Å²) in [5.41, 5.74) is 1.12. The van der Waals surface area contributed by atoms with Gasteiger partial charge in [-0.3, -0.25) is 4.79 Å². The number of carbonyl (C=O) groups is 1. The van der Waals surface area contributed by atoms with Crippen molar-refractivity contribution in [2.75, 3.05) is 19.6 Å². The quantitative estimate of drug-likeness (QED) is 0.923. The molecule has 1 aliphatic rings. The number of benzene rings is 1. The maximum absolute atomic E-state index is 12.3. The van der Waals surface area contributed by atoms with E-state index in [1.54, 1.807) is 0 Å². The highest BCUT2D eigenvalue weighted by Crippen LogP contribution is 2.25. The van der Waals surface area contributed by atoms with Crippen LogP contribution in [-0.4, -0.2) is 30.4 Å². The molecule has 0 aromatic heterocycles. The van der Waals surface area contributed by atoms with Crippen molar-refractivity contribution < 1.29 is 4.79 Å². The van der Waals surface area contributed by atoms with Gasteiger partial charge in [0.2, 0.25) is 5.91 Å². The van der Waals surface area contributed by atoms with Crippen LogP contribution in [0.3, 0.4) is 0 Å². The van der Waals surface area contributed by atoms with E-state index in [1.165, 1.54) is 0 Å². The number of rotatable bonds is 4. The minimum atomic E-state index is 0. The van der Waals surface area contributed by atoms with E-state index in [0.717, 1.165) is 43.1 Å². The second kappa shape index (κ2) is 8.50. The Morgan fingerprint density at radius 2 is 2.30 bits per heavy atom. The first kappa shape index (κ1) is 17.3. The summed E-state index contributed by atoms with van der Waals surface area (Å²) in [5.74, 6) is 0.258. The van der Waals surface area contributed by atoms with Gasteiger partial charge in [-0.2, -0.15) is 0 Å². The first-order valence-electron chi connectivity index (χ1n) is 6.98. The number of hydrogen-bond donors (Lipinski definition) is 1. The van der Waals surface area contributed by atoms with Gasteiger partial charge in [-0.15, -0.1) is 12.4 Å². The maximum atomic E-state index is 12.3. The first-order valence-corrected chi connectivity index (χ1v) is 7.36. The molecule has 5 heteroatoms. The maximum Gasteiger partial charge on any atom is 0.223 e. The topological polar surface area (TPSA) is 32.3 Å². The molecule has 1 amide bonds. The Hall–Kier alpha value is -0.770. The highest BCUT2D eigenvalue weighted by molar-refractivity contribution is 6.30. The molecule has 2 rings (SSSR count). The molecule has 0 saturated carbocycles. The van der Waals surface area contributed by atoms with Gasteiger partial charge in [-0.1, -0.05) is 37.1 Å². The lowest BCUT2D eigenvalue weighted by Crippen LogP contribution is -2.48. The predicted molar refractivity (Wildman–Crippen MR) is 85.5 cm³/mol. The first-order chi connectivity index (χ1) is 9.22. The molecule has 1 aromatic rings. The van der Waals surface area contributed by atoms with Gasteiger partial charge in [0.1, 0.15) is 0 Å². The Morgan fingerprint density at radius 3 is 3.00 bits per heavy atom. The Bertz CT molecular complexity index is 440. The van der Waals surface area contributed by atoms with Crippen molar-refractivity contribution in [3.05, 3.63) is 34.9 Å². The van der Waals surface area contributed by atoms with E-state index >= 15 is 0 Å². The van der Waals surface area contributed by atoms with Crippen LogP contribution in [0, 0.1) is 0 Å². The zero-order chi connectivity index (χ0) is 13.7. The van der Waals surface area contributed by atoms with Crippen LogP contribution in [0.1, 0.15) is 37.8 Å². The SMILES string of the molecule is CCCCC(=O)N1CCNCC1c1cccc(Cl)c1.Cl. The van der Waals surface area contributed by atoms with Crippen LogP contribution in [0.15, 0.2) is 24.3 Å². The van der Waals surface area contributed by atoms with Gasteiger partial charge < -0.3 is 10.2 Å². The second-order valence-corrected chi connectivity index (χ2v) is 5.40. The van der Waals surface area contributed by atoms with Crippen LogP contribution in [0.2, 0.25) is 5.02 Å². The smallest absolute Gasteiger partial charge is 0.223 e. The van der Waals surface area contributed by atoms with Gasteiger partial charge in [0, 0.05) is 31.1 Å². The third-order valence-corrected chi connectivity index (χ3v) is 3.78. The van der Waals surface area contributed by atoms with E-state index in [2.05, 4.69) is 12.2 Å². The molecule has 1 N–H and O–H groups in total.